The summed E-state index contributed by atoms with van der Waals surface area (Å²) in [6.07, 6.45) is 1.78. The number of fused-ring (bicyclic) bond motifs is 1. The van der Waals surface area contributed by atoms with E-state index in [0.717, 1.165) is 11.1 Å². The van der Waals surface area contributed by atoms with E-state index in [1.54, 1.807) is 18.4 Å². The van der Waals surface area contributed by atoms with E-state index in [0.29, 0.717) is 12.2 Å². The molecule has 17 heteroatoms. The topological polar surface area (TPSA) is 213 Å². The predicted octanol–water partition coefficient (Wildman–Crippen LogP) is 2.29. The second-order valence-electron chi connectivity index (χ2n) is 11.9. The Kier molecular flexibility index (Phi) is 15.1. The number of hydrogen-bond acceptors (Lipinski definition) is 12. The summed E-state index contributed by atoms with van der Waals surface area (Å²) in [5.74, 6) is -1.69. The highest BCUT2D eigenvalue weighted by atomic mass is 31.2. The third-order valence-corrected chi connectivity index (χ3v) is 10.5. The maximum absolute atomic E-state index is 15.2. The van der Waals surface area contributed by atoms with Gasteiger partial charge in [0.15, 0.2) is 11.2 Å². The number of rotatable bonds is 21. The summed E-state index contributed by atoms with van der Waals surface area (Å²) in [4.78, 5) is 63.9. The van der Waals surface area contributed by atoms with Crippen LogP contribution in [0.15, 0.2) is 71.8 Å². The van der Waals surface area contributed by atoms with E-state index in [1.807, 2.05) is 65.6 Å². The van der Waals surface area contributed by atoms with Gasteiger partial charge in [-0.2, -0.15) is 4.98 Å². The molecule has 0 amide bonds. The van der Waals surface area contributed by atoms with Crippen molar-refractivity contribution in [1.29, 1.82) is 0 Å². The number of aromatic amines is 1. The van der Waals surface area contributed by atoms with Gasteiger partial charge in [-0.1, -0.05) is 60.7 Å². The van der Waals surface area contributed by atoms with Crippen molar-refractivity contribution in [3.8, 4) is 0 Å². The van der Waals surface area contributed by atoms with Gasteiger partial charge in [0.05, 0.1) is 33.1 Å². The number of esters is 3. The molecule has 4 aromatic rings. The number of H-pyrrole nitrogens is 1. The molecule has 0 radical (unpaired) electrons. The standard InChI is InChI=1S/C35H47N8O8P/c1-4-50-33(46)27(22-25-12-8-6-9-13-25)40-52(48,41-28(34(47)51-5-2)23-26-14-10-7-11-15-26)21-20-42(17-16-29(44)49-3)18-19-43-24-37-30-31(43)38-35(36)39-32(30)45/h6-15,24,27-28H,4-5,16-23H2,1-3H3,(H2,40,41,48)(H3,36,38,39,45)/t27-,28-/m0/s1. The zero-order valence-corrected chi connectivity index (χ0v) is 30.6. The largest absolute Gasteiger partial charge is 0.469 e. The minimum absolute atomic E-state index is 0.0378. The second-order valence-corrected chi connectivity index (χ2v) is 14.4. The third-order valence-electron chi connectivity index (χ3n) is 8.18. The molecule has 2 heterocycles. The monoisotopic (exact) mass is 738 g/mol. The number of nitrogens with zero attached hydrogens (tertiary/aromatic N) is 4. The van der Waals surface area contributed by atoms with Crippen LogP contribution >= 0.6 is 7.44 Å². The van der Waals surface area contributed by atoms with Crippen LogP contribution < -0.4 is 21.5 Å². The lowest BCUT2D eigenvalue weighted by atomic mass is 10.1. The van der Waals surface area contributed by atoms with Crippen molar-refractivity contribution in [2.45, 2.75) is 51.7 Å². The molecule has 0 aliphatic rings. The lowest BCUT2D eigenvalue weighted by Crippen LogP contribution is -2.47. The highest BCUT2D eigenvalue weighted by molar-refractivity contribution is 7.60. The Morgan fingerprint density at radius 3 is 1.98 bits per heavy atom. The van der Waals surface area contributed by atoms with Gasteiger partial charge in [0.1, 0.15) is 12.1 Å². The van der Waals surface area contributed by atoms with E-state index >= 15 is 4.57 Å². The van der Waals surface area contributed by atoms with Crippen LogP contribution in [0.4, 0.5) is 5.95 Å². The van der Waals surface area contributed by atoms with Crippen molar-refractivity contribution in [1.82, 2.24) is 34.6 Å². The first-order valence-electron chi connectivity index (χ1n) is 17.1. The summed E-state index contributed by atoms with van der Waals surface area (Å²) in [5, 5.41) is 6.16. The Balaban J connectivity index is 1.65. The number of hydrogen-bond donors (Lipinski definition) is 4. The van der Waals surface area contributed by atoms with Crippen molar-refractivity contribution in [2.24, 2.45) is 0 Å². The Hall–Kier alpha value is -4.89. The molecule has 0 saturated heterocycles. The lowest BCUT2D eigenvalue weighted by Gasteiger charge is -2.31. The summed E-state index contributed by atoms with van der Waals surface area (Å²) >= 11 is 0. The molecule has 52 heavy (non-hydrogen) atoms. The predicted molar refractivity (Wildman–Crippen MR) is 196 cm³/mol. The Bertz CT molecular complexity index is 1800. The lowest BCUT2D eigenvalue weighted by molar-refractivity contribution is -0.145. The Morgan fingerprint density at radius 2 is 1.46 bits per heavy atom. The quantitative estimate of drug-likeness (QED) is 0.0549. The number of carbonyl (C=O) groups is 3. The van der Waals surface area contributed by atoms with E-state index in [2.05, 4.69) is 25.1 Å². The summed E-state index contributed by atoms with van der Waals surface area (Å²) in [6.45, 7) is 4.58. The van der Waals surface area contributed by atoms with Crippen LogP contribution in [-0.4, -0.2) is 101 Å². The van der Waals surface area contributed by atoms with Crippen molar-refractivity contribution in [3.05, 3.63) is 88.5 Å². The number of nitrogen functional groups attached to an aromatic ring is 1. The number of benzene rings is 2. The highest BCUT2D eigenvalue weighted by Gasteiger charge is 2.35. The fourth-order valence-corrected chi connectivity index (χ4v) is 7.87. The molecule has 0 fully saturated rings. The van der Waals surface area contributed by atoms with Crippen molar-refractivity contribution < 1.29 is 33.2 Å². The maximum atomic E-state index is 15.2. The smallest absolute Gasteiger partial charge is 0.323 e. The van der Waals surface area contributed by atoms with Crippen molar-refractivity contribution in [3.63, 3.8) is 0 Å². The molecular weight excluding hydrogens is 691 g/mol. The minimum atomic E-state index is -3.86. The summed E-state index contributed by atoms with van der Waals surface area (Å²) in [7, 11) is -2.56. The zero-order valence-electron chi connectivity index (χ0n) is 29.7. The number of anilines is 1. The Morgan fingerprint density at radius 1 is 0.904 bits per heavy atom. The molecule has 5 N–H and O–H groups in total. The van der Waals surface area contributed by atoms with E-state index < -0.39 is 43.0 Å². The average molecular weight is 739 g/mol. The molecule has 0 spiro atoms. The van der Waals surface area contributed by atoms with Crippen LogP contribution in [0.2, 0.25) is 0 Å². The van der Waals surface area contributed by atoms with Gasteiger partial charge in [-0.15, -0.1) is 0 Å². The number of nitrogens with two attached hydrogens (primary N) is 1. The van der Waals surface area contributed by atoms with E-state index in [4.69, 9.17) is 19.9 Å². The number of carbonyl (C=O) groups excluding carboxylic acids is 3. The first kappa shape index (κ1) is 39.9. The van der Waals surface area contributed by atoms with E-state index in [-0.39, 0.29) is 69.7 Å². The molecule has 16 nitrogen and oxygen atoms in total. The van der Waals surface area contributed by atoms with Crippen LogP contribution in [0.3, 0.4) is 0 Å². The number of ether oxygens (including phenoxy) is 3. The first-order valence-corrected chi connectivity index (χ1v) is 19.0. The fraction of sp³-hybridized carbons (Fsp3) is 0.429. The van der Waals surface area contributed by atoms with Gasteiger partial charge in [-0.25, -0.2) is 15.2 Å². The molecule has 0 bridgehead atoms. The average Bonchev–Trinajstić information content (AvgIpc) is 3.54. The number of imidazole rings is 1. The van der Waals surface area contributed by atoms with Crippen molar-refractivity contribution in [2.75, 3.05) is 51.9 Å². The fourth-order valence-electron chi connectivity index (χ4n) is 5.57. The third kappa shape index (κ3) is 11.8. The zero-order chi connectivity index (χ0) is 37.5. The molecule has 0 unspecified atom stereocenters. The highest BCUT2D eigenvalue weighted by Crippen LogP contribution is 2.38. The first-order chi connectivity index (χ1) is 25.0. The van der Waals surface area contributed by atoms with Crippen LogP contribution in [0.1, 0.15) is 31.4 Å². The van der Waals surface area contributed by atoms with Gasteiger partial charge >= 0.3 is 17.9 Å². The number of aromatic nitrogens is 4. The van der Waals surface area contributed by atoms with Crippen LogP contribution in [0, 0.1) is 0 Å². The molecule has 0 saturated carbocycles. The van der Waals surface area contributed by atoms with Crippen molar-refractivity contribution >= 4 is 42.5 Å². The second kappa shape index (κ2) is 19.6. The van der Waals surface area contributed by atoms with Gasteiger partial charge in [0.25, 0.3) is 5.56 Å². The summed E-state index contributed by atoms with van der Waals surface area (Å²) in [6, 6.07) is 16.4. The number of nitrogens with one attached hydrogen (secondary N) is 3. The Labute approximate surface area is 301 Å². The molecule has 280 valence electrons. The van der Waals surface area contributed by atoms with E-state index in [9.17, 15) is 19.2 Å². The SMILES string of the molecule is CCOC(=O)[C@H](Cc1ccccc1)NP(=O)(CCN(CCC(=O)OC)CCn1cnc2c(=O)[nH]c(N)nc21)N[C@@H](Cc1ccccc1)C(=O)OCC. The minimum Gasteiger partial charge on any atom is -0.469 e. The van der Waals surface area contributed by atoms with Gasteiger partial charge in [0, 0.05) is 32.3 Å². The molecular formula is C35H47N8O8P. The molecule has 0 aliphatic carbocycles. The van der Waals surface area contributed by atoms with E-state index in [1.165, 1.54) is 13.4 Å². The molecule has 2 aromatic heterocycles. The maximum Gasteiger partial charge on any atom is 0.323 e. The van der Waals surface area contributed by atoms with Gasteiger partial charge in [-0.05, 0) is 37.8 Å². The molecule has 2 aromatic carbocycles. The van der Waals surface area contributed by atoms with Gasteiger partial charge < -0.3 is 29.4 Å². The summed E-state index contributed by atoms with van der Waals surface area (Å²) < 4.78 is 32.5. The van der Waals surface area contributed by atoms with Crippen LogP contribution in [0.5, 0.6) is 0 Å². The van der Waals surface area contributed by atoms with Crippen LogP contribution in [-0.2, 0) is 52.5 Å². The van der Waals surface area contributed by atoms with Crippen LogP contribution in [0.25, 0.3) is 11.2 Å². The normalized spacial score (nSPS) is 12.8. The van der Waals surface area contributed by atoms with Gasteiger partial charge in [0.2, 0.25) is 13.4 Å². The molecule has 4 rings (SSSR count). The summed E-state index contributed by atoms with van der Waals surface area (Å²) in [5.41, 5.74) is 7.34. The van der Waals surface area contributed by atoms with Gasteiger partial charge in [-0.3, -0.25) is 28.7 Å². The molecule has 0 aliphatic heterocycles. The number of methoxy groups -OCH3 is 1. The molecule has 2 atom stereocenters.